The van der Waals surface area contributed by atoms with E-state index in [2.05, 4.69) is 0 Å². The predicted molar refractivity (Wildman–Crippen MR) is 101 cm³/mol. The van der Waals surface area contributed by atoms with Gasteiger partial charge in [0.1, 0.15) is 22.6 Å². The average Bonchev–Trinajstić information content (AvgIpc) is 2.67. The number of carbonyl (C=O) groups is 2. The van der Waals surface area contributed by atoms with Gasteiger partial charge in [0.25, 0.3) is 0 Å². The van der Waals surface area contributed by atoms with Gasteiger partial charge in [-0.15, -0.1) is 0 Å². The molecule has 0 aliphatic rings. The summed E-state index contributed by atoms with van der Waals surface area (Å²) in [5, 5.41) is 1.04. The smallest absolute Gasteiger partial charge is 0.351 e. The third-order valence-corrected chi connectivity index (χ3v) is 3.86. The zero-order valence-corrected chi connectivity index (χ0v) is 15.5. The minimum absolute atomic E-state index is 0.142. The van der Waals surface area contributed by atoms with Crippen LogP contribution >= 0.6 is 11.6 Å². The van der Waals surface area contributed by atoms with Crippen molar-refractivity contribution in [1.82, 2.24) is 0 Å². The van der Waals surface area contributed by atoms with Gasteiger partial charge in [-0.25, -0.2) is 14.4 Å². The largest absolute Gasteiger partial charge is 0.482 e. The molecular formula is C20H15ClO7. The van der Waals surface area contributed by atoms with Crippen molar-refractivity contribution < 1.29 is 28.2 Å². The number of benzene rings is 2. The Hall–Kier alpha value is -3.32. The summed E-state index contributed by atoms with van der Waals surface area (Å²) in [6.45, 7) is 1.46. The number of carbonyl (C=O) groups excluding carboxylic acids is 2. The lowest BCUT2D eigenvalue weighted by Gasteiger charge is -2.08. The van der Waals surface area contributed by atoms with Gasteiger partial charge in [-0.3, -0.25) is 0 Å². The number of ether oxygens (including phenoxy) is 3. The van der Waals surface area contributed by atoms with E-state index in [-0.39, 0.29) is 30.1 Å². The van der Waals surface area contributed by atoms with Crippen LogP contribution in [0.4, 0.5) is 0 Å². The Bertz CT molecular complexity index is 1070. The van der Waals surface area contributed by atoms with Crippen molar-refractivity contribution in [2.75, 3.05) is 13.2 Å². The van der Waals surface area contributed by atoms with Crippen molar-refractivity contribution in [3.05, 3.63) is 69.5 Å². The lowest BCUT2D eigenvalue weighted by atomic mass is 10.2. The van der Waals surface area contributed by atoms with E-state index in [0.717, 1.165) is 0 Å². The highest BCUT2D eigenvalue weighted by Crippen LogP contribution is 2.21. The summed E-state index contributed by atoms with van der Waals surface area (Å²) in [6.07, 6.45) is 0. The molecule has 3 rings (SSSR count). The first-order valence-corrected chi connectivity index (χ1v) is 8.68. The van der Waals surface area contributed by atoms with E-state index in [1.54, 1.807) is 37.3 Å². The highest BCUT2D eigenvalue weighted by Gasteiger charge is 2.15. The minimum Gasteiger partial charge on any atom is -0.482 e. The standard InChI is InChI=1S/C20H15ClO7/c1-2-25-19(23)16-9-12-3-6-15(10-17(12)28-20(16)24)27-18(22)11-26-14-7-4-13(21)5-8-14/h3-10H,2,11H2,1H3. The van der Waals surface area contributed by atoms with Crippen molar-refractivity contribution in [2.45, 2.75) is 6.92 Å². The van der Waals surface area contributed by atoms with Crippen LogP contribution in [0.15, 0.2) is 57.7 Å². The van der Waals surface area contributed by atoms with Crippen molar-refractivity contribution in [3.8, 4) is 11.5 Å². The highest BCUT2D eigenvalue weighted by molar-refractivity contribution is 6.30. The van der Waals surface area contributed by atoms with Crippen LogP contribution in [0.1, 0.15) is 17.3 Å². The zero-order valence-electron chi connectivity index (χ0n) is 14.8. The molecule has 0 spiro atoms. The molecule has 1 heterocycles. The number of halogens is 1. The summed E-state index contributed by atoms with van der Waals surface area (Å²) in [7, 11) is 0. The summed E-state index contributed by atoms with van der Waals surface area (Å²) in [4.78, 5) is 35.7. The number of hydrogen-bond donors (Lipinski definition) is 0. The van der Waals surface area contributed by atoms with Gasteiger partial charge in [0.15, 0.2) is 6.61 Å². The lowest BCUT2D eigenvalue weighted by molar-refractivity contribution is -0.136. The van der Waals surface area contributed by atoms with Crippen LogP contribution in [0, 0.1) is 0 Å². The van der Waals surface area contributed by atoms with E-state index in [1.807, 2.05) is 0 Å². The SMILES string of the molecule is CCOC(=O)c1cc2ccc(OC(=O)COc3ccc(Cl)cc3)cc2oc1=O. The lowest BCUT2D eigenvalue weighted by Crippen LogP contribution is -2.18. The molecule has 0 aliphatic heterocycles. The van der Waals surface area contributed by atoms with E-state index in [9.17, 15) is 14.4 Å². The van der Waals surface area contributed by atoms with Crippen LogP contribution in [0.3, 0.4) is 0 Å². The molecule has 8 heteroatoms. The molecule has 0 bridgehead atoms. The fourth-order valence-electron chi connectivity index (χ4n) is 2.34. The van der Waals surface area contributed by atoms with Gasteiger partial charge in [-0.2, -0.15) is 0 Å². The second-order valence-corrected chi connectivity index (χ2v) is 6.02. The molecule has 0 N–H and O–H groups in total. The normalized spacial score (nSPS) is 10.5. The predicted octanol–water partition coefficient (Wildman–Crippen LogP) is 3.61. The Balaban J connectivity index is 1.70. The van der Waals surface area contributed by atoms with E-state index in [0.29, 0.717) is 16.2 Å². The zero-order chi connectivity index (χ0) is 20.1. The van der Waals surface area contributed by atoms with Gasteiger partial charge < -0.3 is 18.6 Å². The van der Waals surface area contributed by atoms with Gasteiger partial charge in [0.05, 0.1) is 6.61 Å². The molecule has 1 aromatic heterocycles. The van der Waals surface area contributed by atoms with E-state index >= 15 is 0 Å². The maximum atomic E-state index is 12.0. The molecular weight excluding hydrogens is 388 g/mol. The Morgan fingerprint density at radius 3 is 2.46 bits per heavy atom. The topological polar surface area (TPSA) is 92.0 Å². The molecule has 0 amide bonds. The molecule has 144 valence electrons. The molecule has 0 fully saturated rings. The maximum Gasteiger partial charge on any atom is 0.351 e. The van der Waals surface area contributed by atoms with E-state index in [4.69, 9.17) is 30.2 Å². The first kappa shape index (κ1) is 19.4. The van der Waals surface area contributed by atoms with Crippen LogP contribution in [-0.4, -0.2) is 25.2 Å². The summed E-state index contributed by atoms with van der Waals surface area (Å²) in [5.41, 5.74) is -0.863. The molecule has 0 radical (unpaired) electrons. The van der Waals surface area contributed by atoms with Crippen LogP contribution in [0.25, 0.3) is 11.0 Å². The van der Waals surface area contributed by atoms with Gasteiger partial charge in [-0.1, -0.05) is 11.6 Å². The average molecular weight is 403 g/mol. The summed E-state index contributed by atoms with van der Waals surface area (Å²) in [5.74, 6) is -0.755. The monoisotopic (exact) mass is 402 g/mol. The van der Waals surface area contributed by atoms with Gasteiger partial charge in [-0.05, 0) is 49.4 Å². The van der Waals surface area contributed by atoms with Crippen molar-refractivity contribution >= 4 is 34.5 Å². The molecule has 28 heavy (non-hydrogen) atoms. The molecule has 0 atom stereocenters. The molecule has 3 aromatic rings. The Kier molecular flexibility index (Phi) is 5.96. The van der Waals surface area contributed by atoms with Gasteiger partial charge in [0.2, 0.25) is 0 Å². The summed E-state index contributed by atoms with van der Waals surface area (Å²) in [6, 6.07) is 12.3. The fourth-order valence-corrected chi connectivity index (χ4v) is 2.47. The van der Waals surface area contributed by atoms with Crippen molar-refractivity contribution in [2.24, 2.45) is 0 Å². The van der Waals surface area contributed by atoms with Crippen LogP contribution in [0.2, 0.25) is 5.02 Å². The third-order valence-electron chi connectivity index (χ3n) is 3.60. The van der Waals surface area contributed by atoms with Gasteiger partial charge in [0, 0.05) is 16.5 Å². The quantitative estimate of drug-likeness (QED) is 0.353. The second-order valence-electron chi connectivity index (χ2n) is 5.58. The first-order valence-electron chi connectivity index (χ1n) is 8.30. The number of esters is 2. The number of fused-ring (bicyclic) bond motifs is 1. The maximum absolute atomic E-state index is 12.0. The fraction of sp³-hybridized carbons (Fsp3) is 0.150. The third kappa shape index (κ3) is 4.69. The van der Waals surface area contributed by atoms with E-state index in [1.165, 1.54) is 18.2 Å². The molecule has 0 unspecified atom stereocenters. The van der Waals surface area contributed by atoms with Crippen LogP contribution < -0.4 is 15.1 Å². The van der Waals surface area contributed by atoms with Crippen LogP contribution in [0.5, 0.6) is 11.5 Å². The van der Waals surface area contributed by atoms with Gasteiger partial charge >= 0.3 is 17.6 Å². The molecule has 0 aliphatic carbocycles. The Morgan fingerprint density at radius 1 is 1.04 bits per heavy atom. The highest BCUT2D eigenvalue weighted by atomic mass is 35.5. The Morgan fingerprint density at radius 2 is 1.75 bits per heavy atom. The second kappa shape index (κ2) is 8.58. The minimum atomic E-state index is -0.833. The first-order chi connectivity index (χ1) is 13.5. The summed E-state index contributed by atoms with van der Waals surface area (Å²) < 4.78 is 20.4. The van der Waals surface area contributed by atoms with Crippen LogP contribution in [-0.2, 0) is 9.53 Å². The Labute approximate surface area is 164 Å². The van der Waals surface area contributed by atoms with Crippen molar-refractivity contribution in [3.63, 3.8) is 0 Å². The van der Waals surface area contributed by atoms with E-state index < -0.39 is 17.6 Å². The molecule has 0 saturated heterocycles. The number of hydrogen-bond acceptors (Lipinski definition) is 7. The van der Waals surface area contributed by atoms with Crippen molar-refractivity contribution in [1.29, 1.82) is 0 Å². The molecule has 0 saturated carbocycles. The number of rotatable bonds is 6. The molecule has 7 nitrogen and oxygen atoms in total. The summed E-state index contributed by atoms with van der Waals surface area (Å²) >= 11 is 5.78. The molecule has 2 aromatic carbocycles.